The lowest BCUT2D eigenvalue weighted by Crippen LogP contribution is -2.37. The van der Waals surface area contributed by atoms with Gasteiger partial charge < -0.3 is 24.3 Å². The third-order valence-electron chi connectivity index (χ3n) is 8.36. The van der Waals surface area contributed by atoms with E-state index in [1.54, 1.807) is 0 Å². The van der Waals surface area contributed by atoms with E-state index in [0.29, 0.717) is 30.7 Å². The Morgan fingerprint density at radius 2 is 1.70 bits per heavy atom. The van der Waals surface area contributed by atoms with E-state index in [2.05, 4.69) is 11.4 Å². The van der Waals surface area contributed by atoms with Gasteiger partial charge in [0.2, 0.25) is 0 Å². The molecule has 0 aromatic heterocycles. The molecule has 1 fully saturated rings. The number of carbonyl (C=O) groups excluding carboxylic acids is 3. The van der Waals surface area contributed by atoms with Crippen LogP contribution in [0.5, 0.6) is 11.5 Å². The van der Waals surface area contributed by atoms with Crippen molar-refractivity contribution in [3.63, 3.8) is 0 Å². The zero-order chi connectivity index (χ0) is 32.8. The van der Waals surface area contributed by atoms with Crippen LogP contribution in [0.4, 0.5) is 5.69 Å². The van der Waals surface area contributed by atoms with E-state index in [-0.39, 0.29) is 52.6 Å². The lowest BCUT2D eigenvalue weighted by molar-refractivity contribution is -0.159. The molecule has 1 aliphatic carbocycles. The van der Waals surface area contributed by atoms with Crippen LogP contribution in [0.25, 0.3) is 10.8 Å². The van der Waals surface area contributed by atoms with Gasteiger partial charge in [0, 0.05) is 11.1 Å². The zero-order valence-electron chi connectivity index (χ0n) is 25.7. The Morgan fingerprint density at radius 1 is 0.957 bits per heavy atom. The number of nitrogens with zero attached hydrogens (tertiary/aromatic N) is 1. The molecule has 0 spiro atoms. The predicted octanol–water partition coefficient (Wildman–Crippen LogP) is 7.48. The van der Waals surface area contributed by atoms with E-state index in [0.717, 1.165) is 16.3 Å². The number of benzene rings is 4. The maximum absolute atomic E-state index is 13.4. The van der Waals surface area contributed by atoms with Crippen molar-refractivity contribution in [2.24, 2.45) is 5.41 Å². The fraction of sp³-hybridized carbons (Fsp3) is 0.278. The summed E-state index contributed by atoms with van der Waals surface area (Å²) in [7, 11) is 2.62. The monoisotopic (exact) mass is 640 g/mol. The summed E-state index contributed by atoms with van der Waals surface area (Å²) in [5, 5.41) is 15.0. The minimum Gasteiger partial charge on any atom is -0.496 e. The van der Waals surface area contributed by atoms with Gasteiger partial charge in [0.25, 0.3) is 5.91 Å². The van der Waals surface area contributed by atoms with Crippen molar-refractivity contribution < 1.29 is 33.3 Å². The van der Waals surface area contributed by atoms with Crippen LogP contribution in [-0.2, 0) is 20.9 Å². The predicted molar refractivity (Wildman–Crippen MR) is 173 cm³/mol. The van der Waals surface area contributed by atoms with Gasteiger partial charge in [-0.15, -0.1) is 0 Å². The molecule has 4 aromatic rings. The molecule has 0 saturated heterocycles. The molecule has 46 heavy (non-hydrogen) atoms. The summed E-state index contributed by atoms with van der Waals surface area (Å²) >= 11 is 6.12. The summed E-state index contributed by atoms with van der Waals surface area (Å²) in [6, 6.07) is 23.3. The topological polar surface area (TPSA) is 124 Å². The van der Waals surface area contributed by atoms with Gasteiger partial charge in [0.05, 0.1) is 48.1 Å². The highest BCUT2D eigenvalue weighted by Gasteiger charge is 2.40. The van der Waals surface area contributed by atoms with Crippen LogP contribution in [0, 0.1) is 16.7 Å². The minimum atomic E-state index is -0.679. The van der Waals surface area contributed by atoms with Crippen LogP contribution in [0.2, 0.25) is 5.02 Å². The molecule has 236 valence electrons. The van der Waals surface area contributed by atoms with Crippen molar-refractivity contribution >= 4 is 45.9 Å². The second kappa shape index (κ2) is 13.9. The standard InChI is InChI=1S/C36H33ClN2O7/c1-36(35(42)45-21-23-9-6-8-22-7-4-5-10-27(22)23)15-13-26(14-16-36)46-31-19-29(32(43-2)17-24(31)20-38)33(40)39-30-18-25(37)11-12-28(30)34(41)44-3/h4-12,17-19,26H,13-16,21H2,1-3H3,(H,39,40)/t26-,36+. The van der Waals surface area contributed by atoms with E-state index >= 15 is 0 Å². The van der Waals surface area contributed by atoms with Crippen molar-refractivity contribution in [1.82, 2.24) is 0 Å². The maximum atomic E-state index is 13.4. The minimum absolute atomic E-state index is 0.0879. The van der Waals surface area contributed by atoms with Crippen LogP contribution in [0.1, 0.15) is 64.4 Å². The molecular formula is C36H33ClN2O7. The summed E-state index contributed by atoms with van der Waals surface area (Å²) in [5.74, 6) is -1.16. The first-order chi connectivity index (χ1) is 22.1. The van der Waals surface area contributed by atoms with Crippen LogP contribution in [0.15, 0.2) is 72.8 Å². The first kappa shape index (κ1) is 32.3. The van der Waals surface area contributed by atoms with Crippen molar-refractivity contribution in [3.8, 4) is 17.6 Å². The number of fused-ring (bicyclic) bond motifs is 1. The number of nitrogens with one attached hydrogen (secondary N) is 1. The Morgan fingerprint density at radius 3 is 2.41 bits per heavy atom. The van der Waals surface area contributed by atoms with Gasteiger partial charge in [0.1, 0.15) is 24.2 Å². The molecule has 10 heteroatoms. The lowest BCUT2D eigenvalue weighted by atomic mass is 9.74. The molecule has 0 atom stereocenters. The summed E-state index contributed by atoms with van der Waals surface area (Å²) in [4.78, 5) is 38.9. The molecule has 1 N–H and O–H groups in total. The largest absolute Gasteiger partial charge is 0.496 e. The molecule has 0 aliphatic heterocycles. The van der Waals surface area contributed by atoms with Gasteiger partial charge in [-0.05, 0) is 73.2 Å². The van der Waals surface area contributed by atoms with Gasteiger partial charge in [-0.2, -0.15) is 5.26 Å². The molecular weight excluding hydrogens is 608 g/mol. The number of halogens is 1. The van der Waals surface area contributed by atoms with Gasteiger partial charge in [-0.25, -0.2) is 4.79 Å². The van der Waals surface area contributed by atoms with Crippen molar-refractivity contribution in [3.05, 3.63) is 100 Å². The molecule has 5 rings (SSSR count). The van der Waals surface area contributed by atoms with Crippen LogP contribution < -0.4 is 14.8 Å². The van der Waals surface area contributed by atoms with Crippen molar-refractivity contribution in [2.75, 3.05) is 19.5 Å². The number of hydrogen-bond acceptors (Lipinski definition) is 8. The number of anilines is 1. The molecule has 1 saturated carbocycles. The molecule has 0 heterocycles. The Balaban J connectivity index is 1.27. The van der Waals surface area contributed by atoms with Crippen LogP contribution in [0.3, 0.4) is 0 Å². The third-order valence-corrected chi connectivity index (χ3v) is 8.60. The molecule has 1 aliphatic rings. The van der Waals surface area contributed by atoms with E-state index in [1.807, 2.05) is 49.4 Å². The lowest BCUT2D eigenvalue weighted by Gasteiger charge is -2.35. The molecule has 0 radical (unpaired) electrons. The van der Waals surface area contributed by atoms with Crippen LogP contribution >= 0.6 is 11.6 Å². The summed E-state index contributed by atoms with van der Waals surface area (Å²) in [5.41, 5.74) is 0.816. The normalized spacial score (nSPS) is 17.4. The average molecular weight is 641 g/mol. The average Bonchev–Trinajstić information content (AvgIpc) is 3.07. The second-order valence-electron chi connectivity index (χ2n) is 11.4. The highest BCUT2D eigenvalue weighted by atomic mass is 35.5. The molecule has 0 unspecified atom stereocenters. The zero-order valence-corrected chi connectivity index (χ0v) is 26.5. The van der Waals surface area contributed by atoms with E-state index in [1.165, 1.54) is 44.6 Å². The van der Waals surface area contributed by atoms with Crippen LogP contribution in [-0.4, -0.2) is 38.2 Å². The van der Waals surface area contributed by atoms with Gasteiger partial charge in [-0.3, -0.25) is 9.59 Å². The summed E-state index contributed by atoms with van der Waals surface area (Å²) < 4.78 is 22.3. The number of hydrogen-bond donors (Lipinski definition) is 1. The maximum Gasteiger partial charge on any atom is 0.339 e. The smallest absolute Gasteiger partial charge is 0.339 e. The number of amides is 1. The Kier molecular flexibility index (Phi) is 9.78. The SMILES string of the molecule is COC(=O)c1ccc(Cl)cc1NC(=O)c1cc(O[C@H]2CC[C@@](C)(C(=O)OCc3cccc4ccccc34)CC2)c(C#N)cc1OC. The third kappa shape index (κ3) is 6.93. The van der Waals surface area contributed by atoms with E-state index in [9.17, 15) is 19.6 Å². The number of carbonyl (C=O) groups is 3. The second-order valence-corrected chi connectivity index (χ2v) is 11.8. The van der Waals surface area contributed by atoms with E-state index < -0.39 is 17.3 Å². The molecule has 1 amide bonds. The van der Waals surface area contributed by atoms with Gasteiger partial charge in [0.15, 0.2) is 0 Å². The molecule has 0 bridgehead atoms. The first-order valence-corrected chi connectivity index (χ1v) is 15.2. The number of esters is 2. The fourth-order valence-corrected chi connectivity index (χ4v) is 5.83. The van der Waals surface area contributed by atoms with Gasteiger partial charge >= 0.3 is 11.9 Å². The number of nitriles is 1. The summed E-state index contributed by atoms with van der Waals surface area (Å²) in [6.07, 6.45) is 1.85. The fourth-order valence-electron chi connectivity index (χ4n) is 5.65. The first-order valence-electron chi connectivity index (χ1n) is 14.8. The number of rotatable bonds is 9. The highest BCUT2D eigenvalue weighted by molar-refractivity contribution is 6.31. The van der Waals surface area contributed by atoms with Gasteiger partial charge in [-0.1, -0.05) is 54.1 Å². The van der Waals surface area contributed by atoms with E-state index in [4.69, 9.17) is 30.5 Å². The summed E-state index contributed by atoms with van der Waals surface area (Å²) in [6.45, 7) is 2.10. The highest BCUT2D eigenvalue weighted by Crippen LogP contribution is 2.40. The Labute approximate surface area is 272 Å². The van der Waals surface area contributed by atoms with Crippen molar-refractivity contribution in [2.45, 2.75) is 45.3 Å². The number of methoxy groups -OCH3 is 2. The van der Waals surface area contributed by atoms with Crippen molar-refractivity contribution in [1.29, 1.82) is 5.26 Å². The quantitative estimate of drug-likeness (QED) is 0.187. The Hall–Kier alpha value is -5.07. The molecule has 4 aromatic carbocycles. The molecule has 9 nitrogen and oxygen atoms in total. The Bertz CT molecular complexity index is 1840. The number of ether oxygens (including phenoxy) is 4.